The van der Waals surface area contributed by atoms with E-state index in [-0.39, 0.29) is 25.3 Å². The minimum atomic E-state index is -0.967. The van der Waals surface area contributed by atoms with Gasteiger partial charge in [0.1, 0.15) is 18.2 Å². The number of fused-ring (bicyclic) bond motifs is 1. The molecule has 10 heteroatoms. The molecule has 0 aliphatic heterocycles. The van der Waals surface area contributed by atoms with Crippen molar-refractivity contribution in [3.05, 3.63) is 108 Å². The number of nitrogens with one attached hydrogen (secondary N) is 3. The molecule has 0 bridgehead atoms. The summed E-state index contributed by atoms with van der Waals surface area (Å²) >= 11 is 0. The highest BCUT2D eigenvalue weighted by molar-refractivity contribution is 6.02. The van der Waals surface area contributed by atoms with Gasteiger partial charge < -0.3 is 29.8 Å². The molecule has 3 aromatic carbocycles. The maximum absolute atomic E-state index is 13.4. The summed E-state index contributed by atoms with van der Waals surface area (Å²) in [6.07, 6.45) is 2.75. The zero-order valence-electron chi connectivity index (χ0n) is 23.0. The van der Waals surface area contributed by atoms with Crippen LogP contribution in [0.1, 0.15) is 34.5 Å². The third kappa shape index (κ3) is 8.56. The lowest BCUT2D eigenvalue weighted by molar-refractivity contribution is -0.134. The minimum Gasteiger partial charge on any atom is -0.466 e. The second kappa shape index (κ2) is 14.8. The van der Waals surface area contributed by atoms with Gasteiger partial charge >= 0.3 is 12.1 Å². The molecule has 0 saturated heterocycles. The van der Waals surface area contributed by atoms with Crippen LogP contribution in [0.5, 0.6) is 0 Å². The number of methoxy groups -OCH3 is 1. The van der Waals surface area contributed by atoms with Crippen LogP contribution in [-0.4, -0.2) is 43.6 Å². The Balaban J connectivity index is 1.40. The Labute approximate surface area is 242 Å². The van der Waals surface area contributed by atoms with Crippen LogP contribution in [0.15, 0.2) is 95.4 Å². The van der Waals surface area contributed by atoms with Crippen LogP contribution in [0, 0.1) is 0 Å². The number of anilines is 1. The molecule has 3 N–H and O–H groups in total. The Kier molecular flexibility index (Phi) is 10.5. The Morgan fingerprint density at radius 1 is 0.929 bits per heavy atom. The fourth-order valence-electron chi connectivity index (χ4n) is 4.06. The number of amides is 3. The van der Waals surface area contributed by atoms with Gasteiger partial charge in [-0.25, -0.2) is 9.59 Å². The van der Waals surface area contributed by atoms with Crippen LogP contribution in [0.3, 0.4) is 0 Å². The number of carbonyl (C=O) groups is 4. The molecule has 4 rings (SSSR count). The van der Waals surface area contributed by atoms with Crippen LogP contribution in [0.2, 0.25) is 0 Å². The summed E-state index contributed by atoms with van der Waals surface area (Å²) in [5.74, 6) is -1.51. The van der Waals surface area contributed by atoms with Crippen molar-refractivity contribution in [1.29, 1.82) is 0 Å². The number of rotatable bonds is 12. The van der Waals surface area contributed by atoms with Crippen LogP contribution in [-0.2, 0) is 25.7 Å². The number of furan rings is 1. The van der Waals surface area contributed by atoms with Gasteiger partial charge in [-0.1, -0.05) is 66.7 Å². The van der Waals surface area contributed by atoms with E-state index in [0.717, 1.165) is 10.9 Å². The van der Waals surface area contributed by atoms with Crippen molar-refractivity contribution in [2.75, 3.05) is 19.0 Å². The Bertz CT molecular complexity index is 1530. The summed E-state index contributed by atoms with van der Waals surface area (Å²) < 4.78 is 15.5. The lowest BCUT2D eigenvalue weighted by Gasteiger charge is -2.19. The van der Waals surface area contributed by atoms with Crippen molar-refractivity contribution in [3.8, 4) is 0 Å². The SMILES string of the molecule is COC(=O)/C=C/c1ccccc1NC(=O)[C@H](CCCNC(=O)OCc1ccccc1)NC(=O)c1cc2ccccc2o1. The number of para-hydroxylation sites is 2. The summed E-state index contributed by atoms with van der Waals surface area (Å²) in [6, 6.07) is 24.0. The molecule has 0 saturated carbocycles. The molecule has 10 nitrogen and oxygen atoms in total. The molecular formula is C32H31N3O7. The molecule has 0 radical (unpaired) electrons. The van der Waals surface area contributed by atoms with Gasteiger partial charge in [-0.05, 0) is 48.2 Å². The average Bonchev–Trinajstić information content (AvgIpc) is 3.46. The monoisotopic (exact) mass is 569 g/mol. The molecular weight excluding hydrogens is 538 g/mol. The predicted octanol–water partition coefficient (Wildman–Crippen LogP) is 5.06. The zero-order valence-corrected chi connectivity index (χ0v) is 23.0. The number of carbonyl (C=O) groups excluding carboxylic acids is 4. The number of benzene rings is 3. The largest absolute Gasteiger partial charge is 0.466 e. The molecule has 42 heavy (non-hydrogen) atoms. The van der Waals surface area contributed by atoms with Gasteiger partial charge in [-0.3, -0.25) is 9.59 Å². The van der Waals surface area contributed by atoms with E-state index in [1.807, 2.05) is 42.5 Å². The Hall–Kier alpha value is -5.38. The van der Waals surface area contributed by atoms with E-state index in [2.05, 4.69) is 20.7 Å². The molecule has 216 valence electrons. The predicted molar refractivity (Wildman–Crippen MR) is 157 cm³/mol. The standard InChI is InChI=1S/C32H31N3O7/c1-40-29(36)18-17-23-12-5-7-14-25(23)34-30(37)26(35-31(38)28-20-24-13-6-8-16-27(24)42-28)15-9-19-33-32(39)41-21-22-10-3-2-4-11-22/h2-8,10-14,16-18,20,26H,9,15,19,21H2,1H3,(H,33,39)(H,34,37)(H,35,38)/b18-17+/t26-/m0/s1. The first kappa shape index (κ1) is 29.6. The first-order valence-electron chi connectivity index (χ1n) is 13.3. The second-order valence-electron chi connectivity index (χ2n) is 9.24. The highest BCUT2D eigenvalue weighted by Crippen LogP contribution is 2.20. The zero-order chi connectivity index (χ0) is 29.7. The van der Waals surface area contributed by atoms with Crippen molar-refractivity contribution in [2.24, 2.45) is 0 Å². The van der Waals surface area contributed by atoms with Gasteiger partial charge in [0.25, 0.3) is 5.91 Å². The van der Waals surface area contributed by atoms with Crippen molar-refractivity contribution in [2.45, 2.75) is 25.5 Å². The molecule has 3 amide bonds. The maximum Gasteiger partial charge on any atom is 0.407 e. The normalized spacial score (nSPS) is 11.5. The highest BCUT2D eigenvalue weighted by atomic mass is 16.5. The van der Waals surface area contributed by atoms with E-state index in [4.69, 9.17) is 9.15 Å². The third-order valence-corrected chi connectivity index (χ3v) is 6.24. The number of ether oxygens (including phenoxy) is 2. The van der Waals surface area contributed by atoms with E-state index >= 15 is 0 Å². The summed E-state index contributed by atoms with van der Waals surface area (Å²) in [5, 5.41) is 8.99. The van der Waals surface area contributed by atoms with Crippen LogP contribution in [0.4, 0.5) is 10.5 Å². The van der Waals surface area contributed by atoms with E-state index < -0.39 is 29.9 Å². The molecule has 0 fully saturated rings. The minimum absolute atomic E-state index is 0.0676. The lowest BCUT2D eigenvalue weighted by atomic mass is 10.1. The molecule has 0 aliphatic rings. The number of alkyl carbamates (subject to hydrolysis) is 1. The maximum atomic E-state index is 13.4. The van der Waals surface area contributed by atoms with Crippen LogP contribution in [0.25, 0.3) is 17.0 Å². The molecule has 0 aliphatic carbocycles. The lowest BCUT2D eigenvalue weighted by Crippen LogP contribution is -2.44. The molecule has 1 heterocycles. The first-order chi connectivity index (χ1) is 20.4. The topological polar surface area (TPSA) is 136 Å². The van der Waals surface area contributed by atoms with Crippen molar-refractivity contribution in [3.63, 3.8) is 0 Å². The number of hydrogen-bond donors (Lipinski definition) is 3. The Morgan fingerprint density at radius 3 is 2.45 bits per heavy atom. The highest BCUT2D eigenvalue weighted by Gasteiger charge is 2.24. The average molecular weight is 570 g/mol. The van der Waals surface area contributed by atoms with Gasteiger partial charge in [-0.2, -0.15) is 0 Å². The summed E-state index contributed by atoms with van der Waals surface area (Å²) in [7, 11) is 1.27. The fraction of sp³-hybridized carbons (Fsp3) is 0.188. The van der Waals surface area contributed by atoms with Gasteiger partial charge in [-0.15, -0.1) is 0 Å². The van der Waals surface area contributed by atoms with Crippen molar-refractivity contribution >= 4 is 46.6 Å². The molecule has 1 aromatic heterocycles. The molecule has 1 atom stereocenters. The van der Waals surface area contributed by atoms with E-state index in [1.165, 1.54) is 19.3 Å². The number of esters is 1. The van der Waals surface area contributed by atoms with Gasteiger partial charge in [0.15, 0.2) is 5.76 Å². The summed E-state index contributed by atoms with van der Waals surface area (Å²) in [5.41, 5.74) is 2.42. The molecule has 0 spiro atoms. The summed E-state index contributed by atoms with van der Waals surface area (Å²) in [4.78, 5) is 50.2. The van der Waals surface area contributed by atoms with E-state index in [9.17, 15) is 19.2 Å². The molecule has 4 aromatic rings. The Morgan fingerprint density at radius 2 is 1.67 bits per heavy atom. The fourth-order valence-corrected chi connectivity index (χ4v) is 4.06. The molecule has 0 unspecified atom stereocenters. The first-order valence-corrected chi connectivity index (χ1v) is 13.3. The van der Waals surface area contributed by atoms with Crippen molar-refractivity contribution < 1.29 is 33.1 Å². The second-order valence-corrected chi connectivity index (χ2v) is 9.24. The van der Waals surface area contributed by atoms with E-state index in [1.54, 1.807) is 42.5 Å². The quantitative estimate of drug-likeness (QED) is 0.123. The summed E-state index contributed by atoms with van der Waals surface area (Å²) in [6.45, 7) is 0.353. The van der Waals surface area contributed by atoms with Gasteiger partial charge in [0.05, 0.1) is 7.11 Å². The van der Waals surface area contributed by atoms with E-state index in [0.29, 0.717) is 23.3 Å². The van der Waals surface area contributed by atoms with Gasteiger partial charge in [0, 0.05) is 23.7 Å². The van der Waals surface area contributed by atoms with Crippen LogP contribution >= 0.6 is 0 Å². The third-order valence-electron chi connectivity index (χ3n) is 6.24. The number of hydrogen-bond acceptors (Lipinski definition) is 7. The van der Waals surface area contributed by atoms with Crippen molar-refractivity contribution in [1.82, 2.24) is 10.6 Å². The van der Waals surface area contributed by atoms with Crippen LogP contribution < -0.4 is 16.0 Å². The van der Waals surface area contributed by atoms with Gasteiger partial charge in [0.2, 0.25) is 5.91 Å². The smallest absolute Gasteiger partial charge is 0.407 e.